The molecule has 4 nitrogen and oxygen atoms in total. The van der Waals surface area contributed by atoms with Gasteiger partial charge >= 0.3 is 0 Å². The Morgan fingerprint density at radius 1 is 1.09 bits per heavy atom. The second kappa shape index (κ2) is 6.40. The predicted octanol–water partition coefficient (Wildman–Crippen LogP) is 5.01. The lowest BCUT2D eigenvalue weighted by Gasteiger charge is -2.18. The molecule has 0 aliphatic heterocycles. The van der Waals surface area contributed by atoms with Gasteiger partial charge in [0.1, 0.15) is 0 Å². The molecule has 1 atom stereocenters. The van der Waals surface area contributed by atoms with Crippen LogP contribution in [-0.4, -0.2) is 15.0 Å². The number of hydrogen-bond acceptors (Lipinski definition) is 3. The van der Waals surface area contributed by atoms with Crippen molar-refractivity contribution in [3.63, 3.8) is 0 Å². The highest BCUT2D eigenvalue weighted by Crippen LogP contribution is 2.28. The van der Waals surface area contributed by atoms with Gasteiger partial charge in [-0.3, -0.25) is 14.9 Å². The molecule has 2 rings (SSSR count). The van der Waals surface area contributed by atoms with Gasteiger partial charge in [-0.25, -0.2) is 0 Å². The summed E-state index contributed by atoms with van der Waals surface area (Å²) in [7, 11) is 0. The van der Waals surface area contributed by atoms with E-state index >= 15 is 0 Å². The third kappa shape index (κ3) is 3.42. The Balaban J connectivity index is 2.25. The van der Waals surface area contributed by atoms with Gasteiger partial charge in [-0.15, -0.1) is 0 Å². The summed E-state index contributed by atoms with van der Waals surface area (Å²) >= 11 is 3.45. The molecule has 0 aliphatic rings. The van der Waals surface area contributed by atoms with E-state index in [2.05, 4.69) is 15.9 Å². The lowest BCUT2D eigenvalue weighted by atomic mass is 9.95. The van der Waals surface area contributed by atoms with Crippen LogP contribution in [0.4, 0.5) is 5.69 Å². The fourth-order valence-corrected chi connectivity index (χ4v) is 2.28. The summed E-state index contributed by atoms with van der Waals surface area (Å²) in [5.41, 5.74) is 2.50. The minimum atomic E-state index is -0.554. The summed E-state index contributed by atoms with van der Waals surface area (Å²) in [4.78, 5) is 22.6. The number of carbonyl (C=O) groups excluding carboxylic acids is 1. The predicted molar refractivity (Wildman–Crippen MR) is 90.5 cm³/mol. The maximum absolute atomic E-state index is 12.3. The minimum absolute atomic E-state index is 0.0465. The topological polar surface area (TPSA) is 60.2 Å². The van der Waals surface area contributed by atoms with Gasteiger partial charge in [0.05, 0.1) is 9.25 Å². The molecule has 0 N–H and O–H groups in total. The van der Waals surface area contributed by atoms with Gasteiger partial charge in [0, 0.05) is 17.7 Å². The summed E-state index contributed by atoms with van der Waals surface area (Å²) in [6.07, 6.45) is 0.704. The third-order valence-corrected chi connectivity index (χ3v) is 4.62. The third-order valence-electron chi connectivity index (χ3n) is 3.70. The molecule has 0 heterocycles. The van der Waals surface area contributed by atoms with Gasteiger partial charge in [0.15, 0.2) is 5.78 Å². The fourth-order valence-electron chi connectivity index (χ4n) is 2.05. The SMILES string of the molecule is CCC(C)(Br)C(=O)c1ccc(-c2ccc([N+](=O)[O-])cc2)cc1. The number of hydrogen-bond donors (Lipinski definition) is 0. The molecule has 0 amide bonds. The normalized spacial score (nSPS) is 13.4. The first kappa shape index (κ1) is 16.4. The zero-order valence-electron chi connectivity index (χ0n) is 12.4. The molecule has 22 heavy (non-hydrogen) atoms. The monoisotopic (exact) mass is 361 g/mol. The molecule has 0 saturated heterocycles. The quantitative estimate of drug-likeness (QED) is 0.325. The van der Waals surface area contributed by atoms with Crippen LogP contribution in [0.15, 0.2) is 48.5 Å². The van der Waals surface area contributed by atoms with Crippen molar-refractivity contribution < 1.29 is 9.72 Å². The molecular weight excluding hydrogens is 346 g/mol. The number of Topliss-reactive ketones (excluding diaryl/α,β-unsaturated/α-hetero) is 1. The first-order valence-electron chi connectivity index (χ1n) is 6.94. The lowest BCUT2D eigenvalue weighted by Crippen LogP contribution is -2.27. The number of rotatable bonds is 5. The molecule has 0 aliphatic carbocycles. The number of nitro groups is 1. The Morgan fingerprint density at radius 3 is 1.95 bits per heavy atom. The molecule has 2 aromatic rings. The summed E-state index contributed by atoms with van der Waals surface area (Å²) in [5, 5.41) is 10.7. The Kier molecular flexibility index (Phi) is 4.76. The van der Waals surface area contributed by atoms with Crippen molar-refractivity contribution in [2.24, 2.45) is 0 Å². The van der Waals surface area contributed by atoms with Crippen LogP contribution < -0.4 is 0 Å². The number of carbonyl (C=O) groups is 1. The molecule has 0 bridgehead atoms. The van der Waals surface area contributed by atoms with Crippen molar-refractivity contribution in [2.75, 3.05) is 0 Å². The Labute approximate surface area is 137 Å². The molecule has 5 heteroatoms. The average Bonchev–Trinajstić information content (AvgIpc) is 2.54. The van der Waals surface area contributed by atoms with E-state index in [0.29, 0.717) is 12.0 Å². The summed E-state index contributed by atoms with van der Waals surface area (Å²) in [6, 6.07) is 13.6. The van der Waals surface area contributed by atoms with Crippen molar-refractivity contribution in [3.8, 4) is 11.1 Å². The molecule has 0 spiro atoms. The van der Waals surface area contributed by atoms with Gasteiger partial charge in [0.2, 0.25) is 0 Å². The highest BCUT2D eigenvalue weighted by atomic mass is 79.9. The summed E-state index contributed by atoms with van der Waals surface area (Å²) < 4.78 is -0.554. The minimum Gasteiger partial charge on any atom is -0.293 e. The van der Waals surface area contributed by atoms with E-state index in [-0.39, 0.29) is 11.5 Å². The number of benzene rings is 2. The fraction of sp³-hybridized carbons (Fsp3) is 0.235. The zero-order chi connectivity index (χ0) is 16.3. The van der Waals surface area contributed by atoms with E-state index in [1.807, 2.05) is 26.0 Å². The average molecular weight is 362 g/mol. The number of halogens is 1. The van der Waals surface area contributed by atoms with Crippen LogP contribution in [0.2, 0.25) is 0 Å². The number of nitro benzene ring substituents is 1. The smallest absolute Gasteiger partial charge is 0.269 e. The van der Waals surface area contributed by atoms with Crippen LogP contribution in [-0.2, 0) is 0 Å². The second-order valence-electron chi connectivity index (χ2n) is 5.26. The number of alkyl halides is 1. The van der Waals surface area contributed by atoms with Gasteiger partial charge in [0.25, 0.3) is 5.69 Å². The summed E-state index contributed by atoms with van der Waals surface area (Å²) in [5.74, 6) is 0.0465. The molecule has 0 fully saturated rings. The van der Waals surface area contributed by atoms with E-state index in [1.54, 1.807) is 24.3 Å². The van der Waals surface area contributed by atoms with Crippen LogP contribution in [0.5, 0.6) is 0 Å². The van der Waals surface area contributed by atoms with Crippen LogP contribution in [0, 0.1) is 10.1 Å². The second-order valence-corrected chi connectivity index (χ2v) is 7.01. The standard InChI is InChI=1S/C17H16BrNO3/c1-3-17(2,18)16(20)14-6-4-12(5-7-14)13-8-10-15(11-9-13)19(21)22/h4-11H,3H2,1-2H3. The van der Waals surface area contributed by atoms with Crippen LogP contribution in [0.25, 0.3) is 11.1 Å². The molecular formula is C17H16BrNO3. The van der Waals surface area contributed by atoms with Gasteiger partial charge < -0.3 is 0 Å². The van der Waals surface area contributed by atoms with Gasteiger partial charge in [-0.1, -0.05) is 47.1 Å². The van der Waals surface area contributed by atoms with Crippen molar-refractivity contribution in [3.05, 3.63) is 64.2 Å². The van der Waals surface area contributed by atoms with Crippen molar-refractivity contribution in [2.45, 2.75) is 24.6 Å². The van der Waals surface area contributed by atoms with Crippen molar-refractivity contribution >= 4 is 27.4 Å². The van der Waals surface area contributed by atoms with Crippen LogP contribution in [0.3, 0.4) is 0 Å². The number of ketones is 1. The van der Waals surface area contributed by atoms with Gasteiger partial charge in [-0.2, -0.15) is 0 Å². The zero-order valence-corrected chi connectivity index (χ0v) is 14.0. The largest absolute Gasteiger partial charge is 0.293 e. The first-order chi connectivity index (χ1) is 10.3. The van der Waals surface area contributed by atoms with Crippen molar-refractivity contribution in [1.29, 1.82) is 0 Å². The van der Waals surface area contributed by atoms with Crippen LogP contribution >= 0.6 is 15.9 Å². The Bertz CT molecular complexity index is 691. The Hall–Kier alpha value is -2.01. The lowest BCUT2D eigenvalue weighted by molar-refractivity contribution is -0.384. The summed E-state index contributed by atoms with van der Waals surface area (Å²) in [6.45, 7) is 3.82. The van der Waals surface area contributed by atoms with E-state index < -0.39 is 9.25 Å². The van der Waals surface area contributed by atoms with E-state index in [4.69, 9.17) is 0 Å². The van der Waals surface area contributed by atoms with Crippen LogP contribution in [0.1, 0.15) is 30.6 Å². The number of nitrogens with zero attached hydrogens (tertiary/aromatic N) is 1. The first-order valence-corrected chi connectivity index (χ1v) is 7.73. The molecule has 2 aromatic carbocycles. The van der Waals surface area contributed by atoms with Crippen molar-refractivity contribution in [1.82, 2.24) is 0 Å². The van der Waals surface area contributed by atoms with E-state index in [9.17, 15) is 14.9 Å². The number of non-ortho nitro benzene ring substituents is 1. The maximum atomic E-state index is 12.3. The highest BCUT2D eigenvalue weighted by Gasteiger charge is 2.28. The Morgan fingerprint density at radius 2 is 1.55 bits per heavy atom. The molecule has 0 aromatic heterocycles. The van der Waals surface area contributed by atoms with E-state index in [1.165, 1.54) is 12.1 Å². The van der Waals surface area contributed by atoms with E-state index in [0.717, 1.165) is 11.1 Å². The molecule has 0 saturated carbocycles. The van der Waals surface area contributed by atoms with Gasteiger partial charge in [-0.05, 0) is 36.6 Å². The molecule has 1 unspecified atom stereocenters. The molecule has 114 valence electrons. The maximum Gasteiger partial charge on any atom is 0.269 e. The molecule has 0 radical (unpaired) electrons. The highest BCUT2D eigenvalue weighted by molar-refractivity contribution is 9.10.